The minimum absolute atomic E-state index is 0. The van der Waals surface area contributed by atoms with Gasteiger partial charge in [-0.3, -0.25) is 4.79 Å². The van der Waals surface area contributed by atoms with Gasteiger partial charge in [0.15, 0.2) is 0 Å². The van der Waals surface area contributed by atoms with Gasteiger partial charge in [-0.05, 0) is 18.6 Å². The maximum atomic E-state index is 10.2. The van der Waals surface area contributed by atoms with Crippen LogP contribution >= 0.6 is 12.4 Å². The van der Waals surface area contributed by atoms with Crippen LogP contribution in [0.15, 0.2) is 30.3 Å². The molecule has 0 heterocycles. The van der Waals surface area contributed by atoms with Crippen molar-refractivity contribution in [3.63, 3.8) is 0 Å². The van der Waals surface area contributed by atoms with E-state index in [9.17, 15) is 4.79 Å². The van der Waals surface area contributed by atoms with Gasteiger partial charge in [-0.1, -0.05) is 18.2 Å². The van der Waals surface area contributed by atoms with Crippen LogP contribution in [0, 0.1) is 0 Å². The number of anilines is 1. The number of benzene rings is 1. The molecule has 0 fully saturated rings. The second-order valence-corrected chi connectivity index (χ2v) is 2.79. The highest BCUT2D eigenvalue weighted by Crippen LogP contribution is 2.04. The molecule has 1 rings (SSSR count). The Morgan fingerprint density at radius 3 is 2.50 bits per heavy atom. The van der Waals surface area contributed by atoms with Crippen molar-refractivity contribution < 1.29 is 9.90 Å². The van der Waals surface area contributed by atoms with Crippen molar-refractivity contribution in [2.45, 2.75) is 12.8 Å². The highest BCUT2D eigenvalue weighted by molar-refractivity contribution is 5.85. The lowest BCUT2D eigenvalue weighted by Gasteiger charge is -2.03. The molecular weight excluding hydrogens is 202 g/mol. The fourth-order valence-corrected chi connectivity index (χ4v) is 1.03. The normalized spacial score (nSPS) is 8.86. The summed E-state index contributed by atoms with van der Waals surface area (Å²) in [6.07, 6.45) is 0.879. The first-order chi connectivity index (χ1) is 6.29. The Hall–Kier alpha value is -1.22. The van der Waals surface area contributed by atoms with E-state index in [1.165, 1.54) is 0 Å². The molecule has 0 saturated heterocycles. The van der Waals surface area contributed by atoms with Crippen LogP contribution in [0.3, 0.4) is 0 Å². The number of carboxylic acid groups (broad SMARTS) is 1. The van der Waals surface area contributed by atoms with Gasteiger partial charge >= 0.3 is 5.97 Å². The summed E-state index contributed by atoms with van der Waals surface area (Å²) in [5.74, 6) is -0.741. The number of para-hydroxylation sites is 1. The van der Waals surface area contributed by atoms with Gasteiger partial charge in [-0.2, -0.15) is 0 Å². The molecule has 0 aliphatic rings. The zero-order valence-electron chi connectivity index (χ0n) is 7.77. The lowest BCUT2D eigenvalue weighted by Crippen LogP contribution is -2.04. The zero-order valence-corrected chi connectivity index (χ0v) is 8.59. The molecule has 0 amide bonds. The van der Waals surface area contributed by atoms with E-state index in [4.69, 9.17) is 5.11 Å². The van der Waals surface area contributed by atoms with Crippen molar-refractivity contribution >= 4 is 24.1 Å². The topological polar surface area (TPSA) is 49.3 Å². The third-order valence-corrected chi connectivity index (χ3v) is 1.67. The van der Waals surface area contributed by atoms with Crippen LogP contribution in [0.1, 0.15) is 12.8 Å². The maximum Gasteiger partial charge on any atom is 0.303 e. The molecule has 0 aliphatic heterocycles. The molecule has 2 N–H and O–H groups in total. The van der Waals surface area contributed by atoms with Gasteiger partial charge in [0.2, 0.25) is 0 Å². The summed E-state index contributed by atoms with van der Waals surface area (Å²) in [6.45, 7) is 0.705. The van der Waals surface area contributed by atoms with E-state index in [1.807, 2.05) is 30.3 Å². The minimum atomic E-state index is -0.741. The summed E-state index contributed by atoms with van der Waals surface area (Å²) in [5, 5.41) is 11.5. The molecule has 0 bridgehead atoms. The van der Waals surface area contributed by atoms with E-state index in [-0.39, 0.29) is 18.8 Å². The van der Waals surface area contributed by atoms with Crippen LogP contribution in [-0.2, 0) is 4.79 Å². The van der Waals surface area contributed by atoms with E-state index < -0.39 is 5.97 Å². The lowest BCUT2D eigenvalue weighted by molar-refractivity contribution is -0.137. The first kappa shape index (κ1) is 12.8. The third kappa shape index (κ3) is 5.43. The summed E-state index contributed by atoms with van der Waals surface area (Å²) in [6, 6.07) is 9.75. The predicted molar refractivity (Wildman–Crippen MR) is 59.0 cm³/mol. The molecule has 4 heteroatoms. The third-order valence-electron chi connectivity index (χ3n) is 1.67. The number of hydrogen-bond donors (Lipinski definition) is 2. The Bertz CT molecular complexity index is 264. The summed E-state index contributed by atoms with van der Waals surface area (Å²) in [5.41, 5.74) is 1.04. The van der Waals surface area contributed by atoms with Gasteiger partial charge in [-0.15, -0.1) is 12.4 Å². The fourth-order valence-electron chi connectivity index (χ4n) is 1.03. The molecule has 1 aromatic carbocycles. The largest absolute Gasteiger partial charge is 0.481 e. The van der Waals surface area contributed by atoms with E-state index in [0.717, 1.165) is 5.69 Å². The van der Waals surface area contributed by atoms with Crippen LogP contribution in [0.2, 0.25) is 0 Å². The van der Waals surface area contributed by atoms with Crippen LogP contribution in [-0.4, -0.2) is 17.6 Å². The monoisotopic (exact) mass is 215 g/mol. The molecular formula is C10H14ClNO2. The summed E-state index contributed by atoms with van der Waals surface area (Å²) in [7, 11) is 0. The SMILES string of the molecule is Cl.O=C(O)CCCNc1ccccc1. The first-order valence-electron chi connectivity index (χ1n) is 4.30. The smallest absolute Gasteiger partial charge is 0.303 e. The van der Waals surface area contributed by atoms with E-state index >= 15 is 0 Å². The second kappa shape index (κ2) is 7.21. The average molecular weight is 216 g/mol. The van der Waals surface area contributed by atoms with Crippen molar-refractivity contribution in [2.24, 2.45) is 0 Å². The van der Waals surface area contributed by atoms with E-state index in [0.29, 0.717) is 13.0 Å². The summed E-state index contributed by atoms with van der Waals surface area (Å²) < 4.78 is 0. The number of carboxylic acids is 1. The molecule has 78 valence electrons. The van der Waals surface area contributed by atoms with E-state index in [1.54, 1.807) is 0 Å². The van der Waals surface area contributed by atoms with Crippen molar-refractivity contribution in [3.05, 3.63) is 30.3 Å². The van der Waals surface area contributed by atoms with Crippen molar-refractivity contribution in [1.82, 2.24) is 0 Å². The molecule has 0 atom stereocenters. The number of halogens is 1. The second-order valence-electron chi connectivity index (χ2n) is 2.79. The van der Waals surface area contributed by atoms with Gasteiger partial charge in [-0.25, -0.2) is 0 Å². The molecule has 0 radical (unpaired) electrons. The Balaban J connectivity index is 0.00000169. The molecule has 3 nitrogen and oxygen atoms in total. The van der Waals surface area contributed by atoms with Crippen molar-refractivity contribution in [3.8, 4) is 0 Å². The van der Waals surface area contributed by atoms with Gasteiger partial charge in [0.05, 0.1) is 0 Å². The molecule has 0 unspecified atom stereocenters. The number of aliphatic carboxylic acids is 1. The Morgan fingerprint density at radius 2 is 1.93 bits per heavy atom. The summed E-state index contributed by atoms with van der Waals surface area (Å²) >= 11 is 0. The van der Waals surface area contributed by atoms with Crippen LogP contribution in [0.5, 0.6) is 0 Å². The molecule has 1 aromatic rings. The highest BCUT2D eigenvalue weighted by atomic mass is 35.5. The van der Waals surface area contributed by atoms with E-state index in [2.05, 4.69) is 5.32 Å². The van der Waals surface area contributed by atoms with Crippen LogP contribution < -0.4 is 5.32 Å². The summed E-state index contributed by atoms with van der Waals surface area (Å²) in [4.78, 5) is 10.2. The highest BCUT2D eigenvalue weighted by Gasteiger charge is 1.95. The average Bonchev–Trinajstić information content (AvgIpc) is 2.14. The maximum absolute atomic E-state index is 10.2. The lowest BCUT2D eigenvalue weighted by atomic mass is 10.3. The number of nitrogens with one attached hydrogen (secondary N) is 1. The first-order valence-corrected chi connectivity index (χ1v) is 4.30. The number of rotatable bonds is 5. The molecule has 0 saturated carbocycles. The zero-order chi connectivity index (χ0) is 9.52. The standard InChI is InChI=1S/C10H13NO2.ClH/c12-10(13)7-4-8-11-9-5-2-1-3-6-9;/h1-3,5-6,11H,4,7-8H2,(H,12,13);1H. The van der Waals surface area contributed by atoms with Gasteiger partial charge in [0, 0.05) is 18.7 Å². The Morgan fingerprint density at radius 1 is 1.29 bits per heavy atom. The molecule has 14 heavy (non-hydrogen) atoms. The molecule has 0 aromatic heterocycles. The number of carbonyl (C=O) groups is 1. The Labute approximate surface area is 89.5 Å². The van der Waals surface area contributed by atoms with Crippen molar-refractivity contribution in [2.75, 3.05) is 11.9 Å². The molecule has 0 spiro atoms. The van der Waals surface area contributed by atoms with Gasteiger partial charge < -0.3 is 10.4 Å². The predicted octanol–water partition coefficient (Wildman–Crippen LogP) is 2.39. The molecule has 0 aliphatic carbocycles. The quantitative estimate of drug-likeness (QED) is 0.742. The fraction of sp³-hybridized carbons (Fsp3) is 0.300. The van der Waals surface area contributed by atoms with Gasteiger partial charge in [0.1, 0.15) is 0 Å². The van der Waals surface area contributed by atoms with Crippen molar-refractivity contribution in [1.29, 1.82) is 0 Å². The Kier molecular flexibility index (Phi) is 6.58. The van der Waals surface area contributed by atoms with Crippen LogP contribution in [0.25, 0.3) is 0 Å². The van der Waals surface area contributed by atoms with Gasteiger partial charge in [0.25, 0.3) is 0 Å². The minimum Gasteiger partial charge on any atom is -0.481 e. The number of hydrogen-bond acceptors (Lipinski definition) is 2. The van der Waals surface area contributed by atoms with Crippen LogP contribution in [0.4, 0.5) is 5.69 Å².